The Bertz CT molecular complexity index is 1860. The summed E-state index contributed by atoms with van der Waals surface area (Å²) in [5, 5.41) is 11.5. The van der Waals surface area contributed by atoms with Crippen LogP contribution in [0.2, 0.25) is 0 Å². The summed E-state index contributed by atoms with van der Waals surface area (Å²) < 4.78 is 42.1. The van der Waals surface area contributed by atoms with Gasteiger partial charge in [-0.1, -0.05) is 24.8 Å². The highest BCUT2D eigenvalue weighted by Gasteiger charge is 2.34. The predicted octanol–water partition coefficient (Wildman–Crippen LogP) is 4.20. The minimum Gasteiger partial charge on any atom is -0.462 e. The molecule has 5 heterocycles. The lowest BCUT2D eigenvalue weighted by molar-refractivity contribution is -0.131. The molecular formula is C33H34F2N8O3. The highest BCUT2D eigenvalue weighted by atomic mass is 19.1. The summed E-state index contributed by atoms with van der Waals surface area (Å²) in [6.07, 6.45) is 5.64. The zero-order chi connectivity index (χ0) is 32.5. The monoisotopic (exact) mass is 628 g/mol. The number of aromatic nitrogens is 4. The Morgan fingerprint density at radius 2 is 2.00 bits per heavy atom. The van der Waals surface area contributed by atoms with Crippen molar-refractivity contribution in [3.63, 3.8) is 0 Å². The first-order chi connectivity index (χ1) is 22.2. The topological polar surface area (TPSA) is 121 Å². The Balaban J connectivity index is 1.44. The Kier molecular flexibility index (Phi) is 8.75. The van der Waals surface area contributed by atoms with E-state index in [0.717, 1.165) is 29.3 Å². The predicted molar refractivity (Wildman–Crippen MR) is 168 cm³/mol. The van der Waals surface area contributed by atoms with Crippen LogP contribution in [0.25, 0.3) is 32.9 Å². The van der Waals surface area contributed by atoms with E-state index >= 15 is 4.39 Å². The second-order valence-corrected chi connectivity index (χ2v) is 11.7. The van der Waals surface area contributed by atoms with Gasteiger partial charge in [-0.2, -0.15) is 15.2 Å². The van der Waals surface area contributed by atoms with Crippen molar-refractivity contribution < 1.29 is 23.0 Å². The van der Waals surface area contributed by atoms with Gasteiger partial charge in [0.15, 0.2) is 11.6 Å². The highest BCUT2D eigenvalue weighted by molar-refractivity contribution is 6.00. The van der Waals surface area contributed by atoms with Crippen molar-refractivity contribution in [1.82, 2.24) is 29.7 Å². The second kappa shape index (κ2) is 12.9. The Morgan fingerprint density at radius 3 is 2.74 bits per heavy atom. The first-order valence-corrected chi connectivity index (χ1v) is 15.0. The molecule has 238 valence electrons. The van der Waals surface area contributed by atoms with E-state index in [2.05, 4.69) is 32.5 Å². The van der Waals surface area contributed by atoms with Crippen molar-refractivity contribution in [2.45, 2.75) is 38.0 Å². The van der Waals surface area contributed by atoms with Gasteiger partial charge in [-0.05, 0) is 31.3 Å². The summed E-state index contributed by atoms with van der Waals surface area (Å²) in [5.74, 6) is -2.27. The van der Waals surface area contributed by atoms with Gasteiger partial charge in [0.1, 0.15) is 23.6 Å². The molecular weight excluding hydrogens is 594 g/mol. The number of aryl methyl sites for hydroxylation is 1. The van der Waals surface area contributed by atoms with Gasteiger partial charge in [0.25, 0.3) is 5.91 Å². The van der Waals surface area contributed by atoms with Crippen LogP contribution >= 0.6 is 0 Å². The van der Waals surface area contributed by atoms with Crippen molar-refractivity contribution in [2.24, 2.45) is 0 Å². The number of likely N-dealkylation sites (N-methyl/N-ethyl adjacent to an activating group) is 1. The number of benzene rings is 1. The standard InChI is InChI=1S/C33H34F2N8O3/c1-19-6-5-7-21-13-37-14-25(27(19)21)29-28(35)30-26(15-38-29)31(40-33(39-30)46-18-23-12-24(45-4)17-41(23)3)42-10-11-43(32(44)20(2)34)22(16-42)8-9-36/h5-7,13-15,22-24H,2,8,10-12,16-18H2,1,3-4H3/t22-,23-,24+/m0/s1. The first-order valence-electron chi connectivity index (χ1n) is 15.0. The van der Waals surface area contributed by atoms with Gasteiger partial charge in [0.05, 0.1) is 30.0 Å². The van der Waals surface area contributed by atoms with Crippen LogP contribution in [0.3, 0.4) is 0 Å². The minimum atomic E-state index is -1.09. The van der Waals surface area contributed by atoms with Gasteiger partial charge in [0, 0.05) is 68.9 Å². The van der Waals surface area contributed by atoms with Crippen molar-refractivity contribution in [3.8, 4) is 23.3 Å². The van der Waals surface area contributed by atoms with E-state index in [-0.39, 0.29) is 62.0 Å². The van der Waals surface area contributed by atoms with Gasteiger partial charge in [0.2, 0.25) is 0 Å². The fourth-order valence-electron chi connectivity index (χ4n) is 6.43. The third-order valence-electron chi connectivity index (χ3n) is 8.88. The van der Waals surface area contributed by atoms with E-state index in [0.29, 0.717) is 16.8 Å². The van der Waals surface area contributed by atoms with E-state index in [1.807, 2.05) is 37.1 Å². The molecule has 0 radical (unpaired) electrons. The summed E-state index contributed by atoms with van der Waals surface area (Å²) in [6.45, 7) is 6.59. The maximum absolute atomic E-state index is 16.7. The van der Waals surface area contributed by atoms with E-state index in [1.54, 1.807) is 19.5 Å². The van der Waals surface area contributed by atoms with Gasteiger partial charge < -0.3 is 19.3 Å². The molecule has 0 bridgehead atoms. The number of carbonyl (C=O) groups excluding carboxylic acids is 1. The Labute approximate surface area is 265 Å². The average molecular weight is 629 g/mol. The van der Waals surface area contributed by atoms with Crippen LogP contribution in [0, 0.1) is 24.1 Å². The molecule has 2 saturated heterocycles. The van der Waals surface area contributed by atoms with Crippen molar-refractivity contribution in [2.75, 3.05) is 51.8 Å². The summed E-state index contributed by atoms with van der Waals surface area (Å²) in [4.78, 5) is 35.9. The van der Waals surface area contributed by atoms with Crippen molar-refractivity contribution in [1.29, 1.82) is 5.26 Å². The molecule has 1 amide bonds. The molecule has 2 aliphatic rings. The molecule has 3 aromatic heterocycles. The molecule has 3 atom stereocenters. The molecule has 13 heteroatoms. The molecule has 0 N–H and O–H groups in total. The van der Waals surface area contributed by atoms with Gasteiger partial charge >= 0.3 is 6.01 Å². The summed E-state index contributed by atoms with van der Waals surface area (Å²) in [7, 11) is 3.66. The number of ether oxygens (including phenoxy) is 2. The number of piperazine rings is 1. The number of anilines is 1. The number of carbonyl (C=O) groups is 1. The molecule has 2 fully saturated rings. The molecule has 4 aromatic rings. The van der Waals surface area contributed by atoms with E-state index in [9.17, 15) is 14.4 Å². The van der Waals surface area contributed by atoms with Crippen LogP contribution in [0.15, 0.2) is 49.2 Å². The number of fused-ring (bicyclic) bond motifs is 2. The smallest absolute Gasteiger partial charge is 0.319 e. The number of rotatable bonds is 8. The van der Waals surface area contributed by atoms with Gasteiger partial charge in [-0.25, -0.2) is 8.78 Å². The van der Waals surface area contributed by atoms with E-state index in [1.165, 1.54) is 11.1 Å². The van der Waals surface area contributed by atoms with E-state index in [4.69, 9.17) is 14.5 Å². The fraction of sp³-hybridized carbons (Fsp3) is 0.394. The van der Waals surface area contributed by atoms with Crippen LogP contribution in [0.1, 0.15) is 18.4 Å². The van der Waals surface area contributed by atoms with Crippen molar-refractivity contribution in [3.05, 3.63) is 60.6 Å². The zero-order valence-corrected chi connectivity index (χ0v) is 25.9. The molecule has 1 aromatic carbocycles. The number of hydrogen-bond acceptors (Lipinski definition) is 10. The van der Waals surface area contributed by atoms with Gasteiger partial charge in [-0.3, -0.25) is 19.7 Å². The Hall–Kier alpha value is -4.80. The van der Waals surface area contributed by atoms with Crippen molar-refractivity contribution >= 4 is 33.4 Å². The molecule has 0 unspecified atom stereocenters. The molecule has 46 heavy (non-hydrogen) atoms. The number of nitriles is 1. The SMILES string of the molecule is C=C(F)C(=O)N1CCN(c2nc(OC[C@@H]3C[C@@H](OC)CN3C)nc3c(F)c(-c4cncc5cccc(C)c45)ncc23)C[C@@H]1CC#N. The minimum absolute atomic E-state index is 0.0117. The zero-order valence-electron chi connectivity index (χ0n) is 25.9. The lowest BCUT2D eigenvalue weighted by Crippen LogP contribution is -2.55. The number of nitrogens with zero attached hydrogens (tertiary/aromatic N) is 8. The largest absolute Gasteiger partial charge is 0.462 e. The van der Waals surface area contributed by atoms with Crippen LogP contribution in [0.4, 0.5) is 14.6 Å². The van der Waals surface area contributed by atoms with Gasteiger partial charge in [-0.15, -0.1) is 0 Å². The number of hydrogen-bond donors (Lipinski definition) is 0. The summed E-state index contributed by atoms with van der Waals surface area (Å²) in [6, 6.07) is 7.24. The third-order valence-corrected chi connectivity index (χ3v) is 8.88. The molecule has 0 saturated carbocycles. The van der Waals surface area contributed by atoms with Crippen LogP contribution < -0.4 is 9.64 Å². The maximum atomic E-state index is 16.7. The first kappa shape index (κ1) is 31.2. The lowest BCUT2D eigenvalue weighted by Gasteiger charge is -2.41. The summed E-state index contributed by atoms with van der Waals surface area (Å²) >= 11 is 0. The average Bonchev–Trinajstić information content (AvgIpc) is 3.42. The molecule has 11 nitrogen and oxygen atoms in total. The molecule has 0 spiro atoms. The lowest BCUT2D eigenvalue weighted by atomic mass is 10.00. The van der Waals surface area contributed by atoms with Crippen LogP contribution in [-0.4, -0.2) is 101 Å². The highest BCUT2D eigenvalue weighted by Crippen LogP contribution is 2.36. The molecule has 0 aliphatic carbocycles. The number of methoxy groups -OCH3 is 1. The normalized spacial score (nSPS) is 20.3. The maximum Gasteiger partial charge on any atom is 0.319 e. The quantitative estimate of drug-likeness (QED) is 0.263. The fourth-order valence-corrected chi connectivity index (χ4v) is 6.43. The number of amides is 1. The number of likely N-dealkylation sites (tertiary alicyclic amines) is 1. The van der Waals surface area contributed by atoms with Crippen LogP contribution in [-0.2, 0) is 9.53 Å². The van der Waals surface area contributed by atoms with Crippen LogP contribution in [0.5, 0.6) is 6.01 Å². The number of pyridine rings is 2. The number of halogens is 2. The second-order valence-electron chi connectivity index (χ2n) is 11.7. The third kappa shape index (κ3) is 5.81. The Morgan fingerprint density at radius 1 is 1.17 bits per heavy atom. The molecule has 2 aliphatic heterocycles. The molecule has 6 rings (SSSR count). The summed E-state index contributed by atoms with van der Waals surface area (Å²) in [5.41, 5.74) is 1.58. The van der Waals surface area contributed by atoms with E-state index < -0.39 is 23.6 Å².